The van der Waals surface area contributed by atoms with Gasteiger partial charge in [0.05, 0.1) is 13.2 Å². The second-order valence-corrected chi connectivity index (χ2v) is 7.36. The van der Waals surface area contributed by atoms with E-state index in [9.17, 15) is 10.2 Å². The van der Waals surface area contributed by atoms with Crippen LogP contribution < -0.4 is 0 Å². The van der Waals surface area contributed by atoms with Crippen molar-refractivity contribution < 1.29 is 10.2 Å². The zero-order chi connectivity index (χ0) is 18.2. The molecular formula is C23H40O2. The molecule has 144 valence electrons. The molecule has 1 aromatic carbocycles. The van der Waals surface area contributed by atoms with Crippen molar-refractivity contribution in [2.45, 2.75) is 110 Å². The standard InChI is InChI=1S/C23H40O2/c1-2-3-4-5-6-7-8-9-10-11-12-13-14-18-23-21(19-24)16-15-17-22(23)20-25/h15-17,24-25H,2-14,18-20H2,1H3. The molecule has 0 aromatic heterocycles. The minimum Gasteiger partial charge on any atom is -0.392 e. The van der Waals surface area contributed by atoms with Crippen molar-refractivity contribution in [1.29, 1.82) is 0 Å². The van der Waals surface area contributed by atoms with E-state index in [0.29, 0.717) is 0 Å². The molecular weight excluding hydrogens is 308 g/mol. The molecule has 0 bridgehead atoms. The minimum atomic E-state index is 0.0710. The van der Waals surface area contributed by atoms with Gasteiger partial charge in [0, 0.05) is 0 Å². The summed E-state index contributed by atoms with van der Waals surface area (Å²) >= 11 is 0. The smallest absolute Gasteiger partial charge is 0.0684 e. The molecule has 1 rings (SSSR count). The van der Waals surface area contributed by atoms with Gasteiger partial charge in [-0.25, -0.2) is 0 Å². The average Bonchev–Trinajstić information content (AvgIpc) is 2.65. The Bertz CT molecular complexity index is 406. The van der Waals surface area contributed by atoms with Gasteiger partial charge in [-0.1, -0.05) is 102 Å². The zero-order valence-corrected chi connectivity index (χ0v) is 16.4. The molecule has 0 amide bonds. The van der Waals surface area contributed by atoms with Crippen molar-refractivity contribution in [1.82, 2.24) is 0 Å². The van der Waals surface area contributed by atoms with Crippen molar-refractivity contribution in [2.75, 3.05) is 0 Å². The van der Waals surface area contributed by atoms with E-state index < -0.39 is 0 Å². The molecule has 0 fully saturated rings. The summed E-state index contributed by atoms with van der Waals surface area (Å²) in [5.41, 5.74) is 3.12. The Morgan fingerprint density at radius 2 is 1.00 bits per heavy atom. The average molecular weight is 349 g/mol. The lowest BCUT2D eigenvalue weighted by Gasteiger charge is -2.12. The number of benzene rings is 1. The van der Waals surface area contributed by atoms with E-state index >= 15 is 0 Å². The molecule has 0 aliphatic heterocycles. The largest absolute Gasteiger partial charge is 0.392 e. The monoisotopic (exact) mass is 348 g/mol. The van der Waals surface area contributed by atoms with Crippen LogP contribution in [0.4, 0.5) is 0 Å². The fourth-order valence-electron chi connectivity index (χ4n) is 3.62. The Hall–Kier alpha value is -0.860. The number of unbranched alkanes of at least 4 members (excludes halogenated alkanes) is 12. The molecule has 1 aromatic rings. The maximum atomic E-state index is 9.46. The maximum absolute atomic E-state index is 9.46. The molecule has 0 unspecified atom stereocenters. The fraction of sp³-hybridized carbons (Fsp3) is 0.739. The molecule has 0 heterocycles. The topological polar surface area (TPSA) is 40.5 Å². The van der Waals surface area contributed by atoms with Gasteiger partial charge in [0.2, 0.25) is 0 Å². The van der Waals surface area contributed by atoms with Crippen molar-refractivity contribution in [3.8, 4) is 0 Å². The van der Waals surface area contributed by atoms with Crippen LogP contribution in [0, 0.1) is 0 Å². The number of hydrogen-bond acceptors (Lipinski definition) is 2. The van der Waals surface area contributed by atoms with E-state index in [1.54, 1.807) is 0 Å². The summed E-state index contributed by atoms with van der Waals surface area (Å²) < 4.78 is 0. The molecule has 0 aliphatic rings. The van der Waals surface area contributed by atoms with Crippen LogP contribution in [-0.2, 0) is 19.6 Å². The third-order valence-corrected chi connectivity index (χ3v) is 5.24. The SMILES string of the molecule is CCCCCCCCCCCCCCCc1c(CO)cccc1CO. The van der Waals surface area contributed by atoms with Gasteiger partial charge in [0.25, 0.3) is 0 Å². The van der Waals surface area contributed by atoms with Gasteiger partial charge in [-0.15, -0.1) is 0 Å². The minimum absolute atomic E-state index is 0.0710. The van der Waals surface area contributed by atoms with Crippen LogP contribution in [0.1, 0.15) is 107 Å². The zero-order valence-electron chi connectivity index (χ0n) is 16.4. The van der Waals surface area contributed by atoms with Gasteiger partial charge < -0.3 is 10.2 Å². The molecule has 0 spiro atoms. The van der Waals surface area contributed by atoms with Crippen LogP contribution in [0.3, 0.4) is 0 Å². The molecule has 2 N–H and O–H groups in total. The van der Waals surface area contributed by atoms with Crippen LogP contribution in [0.2, 0.25) is 0 Å². The van der Waals surface area contributed by atoms with Crippen LogP contribution in [-0.4, -0.2) is 10.2 Å². The Balaban J connectivity index is 2.01. The summed E-state index contributed by atoms with van der Waals surface area (Å²) in [6.45, 7) is 2.42. The summed E-state index contributed by atoms with van der Waals surface area (Å²) in [5.74, 6) is 0. The highest BCUT2D eigenvalue weighted by Crippen LogP contribution is 2.19. The second-order valence-electron chi connectivity index (χ2n) is 7.36. The molecule has 0 atom stereocenters. The fourth-order valence-corrected chi connectivity index (χ4v) is 3.62. The van der Waals surface area contributed by atoms with Crippen molar-refractivity contribution >= 4 is 0 Å². The molecule has 0 aliphatic carbocycles. The third kappa shape index (κ3) is 10.0. The van der Waals surface area contributed by atoms with Gasteiger partial charge in [0.15, 0.2) is 0 Å². The normalized spacial score (nSPS) is 11.2. The second kappa shape index (κ2) is 15.4. The number of rotatable bonds is 16. The Morgan fingerprint density at radius 1 is 0.600 bits per heavy atom. The predicted molar refractivity (Wildman–Crippen MR) is 108 cm³/mol. The van der Waals surface area contributed by atoms with E-state index in [1.807, 2.05) is 18.2 Å². The summed E-state index contributed by atoms with van der Waals surface area (Å²) in [7, 11) is 0. The van der Waals surface area contributed by atoms with Crippen LogP contribution in [0.25, 0.3) is 0 Å². The van der Waals surface area contributed by atoms with Gasteiger partial charge in [-0.2, -0.15) is 0 Å². The molecule has 2 nitrogen and oxygen atoms in total. The molecule has 25 heavy (non-hydrogen) atoms. The van der Waals surface area contributed by atoms with E-state index in [4.69, 9.17) is 0 Å². The van der Waals surface area contributed by atoms with Crippen LogP contribution in [0.5, 0.6) is 0 Å². The summed E-state index contributed by atoms with van der Waals surface area (Å²) in [5, 5.41) is 18.9. The first-order valence-corrected chi connectivity index (χ1v) is 10.6. The summed E-state index contributed by atoms with van der Waals surface area (Å²) in [6, 6.07) is 5.86. The van der Waals surface area contributed by atoms with Gasteiger partial charge in [0.1, 0.15) is 0 Å². The van der Waals surface area contributed by atoms with Crippen molar-refractivity contribution in [3.63, 3.8) is 0 Å². The van der Waals surface area contributed by atoms with Crippen LogP contribution >= 0.6 is 0 Å². The maximum Gasteiger partial charge on any atom is 0.0684 e. The number of aliphatic hydroxyl groups is 2. The third-order valence-electron chi connectivity index (χ3n) is 5.24. The molecule has 0 saturated heterocycles. The molecule has 0 radical (unpaired) electrons. The Labute approximate surface area is 155 Å². The molecule has 0 saturated carbocycles. The van der Waals surface area contributed by atoms with Gasteiger partial charge >= 0.3 is 0 Å². The first-order chi connectivity index (χ1) is 12.3. The first kappa shape index (κ1) is 22.2. The van der Waals surface area contributed by atoms with Crippen molar-refractivity contribution in [3.05, 3.63) is 34.9 Å². The molecule has 2 heteroatoms. The van der Waals surface area contributed by atoms with Gasteiger partial charge in [-0.05, 0) is 29.5 Å². The van der Waals surface area contributed by atoms with Gasteiger partial charge in [-0.3, -0.25) is 0 Å². The lowest BCUT2D eigenvalue weighted by atomic mass is 9.96. The van der Waals surface area contributed by atoms with E-state index in [-0.39, 0.29) is 13.2 Å². The van der Waals surface area contributed by atoms with E-state index in [0.717, 1.165) is 29.5 Å². The highest BCUT2D eigenvalue weighted by atomic mass is 16.3. The van der Waals surface area contributed by atoms with Crippen molar-refractivity contribution in [2.24, 2.45) is 0 Å². The van der Waals surface area contributed by atoms with Crippen LogP contribution in [0.15, 0.2) is 18.2 Å². The summed E-state index contributed by atoms with van der Waals surface area (Å²) in [4.78, 5) is 0. The van der Waals surface area contributed by atoms with E-state index in [1.165, 1.54) is 77.0 Å². The lowest BCUT2D eigenvalue weighted by Crippen LogP contribution is -2.00. The summed E-state index contributed by atoms with van der Waals surface area (Å²) in [6.07, 6.45) is 18.7. The Kier molecular flexibility index (Phi) is 13.7. The highest BCUT2D eigenvalue weighted by Gasteiger charge is 2.06. The van der Waals surface area contributed by atoms with E-state index in [2.05, 4.69) is 6.92 Å². The number of aliphatic hydroxyl groups excluding tert-OH is 2. The first-order valence-electron chi connectivity index (χ1n) is 10.6. The number of hydrogen-bond donors (Lipinski definition) is 2. The highest BCUT2D eigenvalue weighted by molar-refractivity contribution is 5.34. The Morgan fingerprint density at radius 3 is 1.40 bits per heavy atom. The lowest BCUT2D eigenvalue weighted by molar-refractivity contribution is 0.272. The quantitative estimate of drug-likeness (QED) is 0.344. The predicted octanol–water partition coefficient (Wildman–Crippen LogP) is 6.30.